The van der Waals surface area contributed by atoms with Gasteiger partial charge in [-0.3, -0.25) is 4.84 Å². The van der Waals surface area contributed by atoms with Gasteiger partial charge in [0.25, 0.3) is 0 Å². The summed E-state index contributed by atoms with van der Waals surface area (Å²) in [5.41, 5.74) is -1.93. The Labute approximate surface area is 83.6 Å². The molecule has 0 spiro atoms. The minimum Gasteiger partial charge on any atom is -0.294 e. The van der Waals surface area contributed by atoms with Crippen molar-refractivity contribution in [2.45, 2.75) is 19.4 Å². The van der Waals surface area contributed by atoms with E-state index in [1.165, 1.54) is 13.8 Å². The van der Waals surface area contributed by atoms with E-state index in [4.69, 9.17) is 5.90 Å². The molecular formula is C9H9F4NO. The van der Waals surface area contributed by atoms with Gasteiger partial charge >= 0.3 is 0 Å². The molecule has 0 bridgehead atoms. The number of hydrogen-bond acceptors (Lipinski definition) is 2. The van der Waals surface area contributed by atoms with Crippen molar-refractivity contribution in [1.29, 1.82) is 0 Å². The molecule has 6 heteroatoms. The standard InChI is InChI=1S/C9H9F4NO/c1-9(2,15-14)4-3-5(10)7(12)8(13)6(4)11/h3H,14H2,1-2H3. The molecule has 2 nitrogen and oxygen atoms in total. The van der Waals surface area contributed by atoms with E-state index in [1.807, 2.05) is 0 Å². The molecule has 0 radical (unpaired) electrons. The maximum Gasteiger partial charge on any atom is 0.197 e. The second kappa shape index (κ2) is 3.79. The van der Waals surface area contributed by atoms with Crippen LogP contribution in [0.25, 0.3) is 0 Å². The van der Waals surface area contributed by atoms with Gasteiger partial charge in [-0.2, -0.15) is 0 Å². The fraction of sp³-hybridized carbons (Fsp3) is 0.333. The average Bonchev–Trinajstić information content (AvgIpc) is 2.20. The summed E-state index contributed by atoms with van der Waals surface area (Å²) >= 11 is 0. The van der Waals surface area contributed by atoms with Crippen LogP contribution in [-0.2, 0) is 10.4 Å². The second-order valence-corrected chi connectivity index (χ2v) is 3.48. The molecule has 0 heterocycles. The molecule has 0 aromatic heterocycles. The van der Waals surface area contributed by atoms with Crippen LogP contribution in [0.4, 0.5) is 17.6 Å². The number of halogens is 4. The van der Waals surface area contributed by atoms with Gasteiger partial charge < -0.3 is 0 Å². The first-order chi connectivity index (χ1) is 6.81. The molecule has 0 saturated heterocycles. The van der Waals surface area contributed by atoms with Crippen molar-refractivity contribution in [3.8, 4) is 0 Å². The van der Waals surface area contributed by atoms with Gasteiger partial charge in [0.05, 0.1) is 0 Å². The normalized spacial score (nSPS) is 11.9. The van der Waals surface area contributed by atoms with Gasteiger partial charge in [-0.05, 0) is 19.9 Å². The van der Waals surface area contributed by atoms with Crippen molar-refractivity contribution < 1.29 is 22.4 Å². The average molecular weight is 223 g/mol. The predicted molar refractivity (Wildman–Crippen MR) is 44.6 cm³/mol. The summed E-state index contributed by atoms with van der Waals surface area (Å²) < 4.78 is 51.5. The van der Waals surface area contributed by atoms with Crippen molar-refractivity contribution in [1.82, 2.24) is 0 Å². The Kier molecular flexibility index (Phi) is 3.01. The minimum absolute atomic E-state index is 0.485. The summed E-state index contributed by atoms with van der Waals surface area (Å²) in [6, 6.07) is 0.514. The zero-order valence-electron chi connectivity index (χ0n) is 8.07. The van der Waals surface area contributed by atoms with Crippen molar-refractivity contribution in [3.05, 3.63) is 34.9 Å². The molecule has 1 aromatic carbocycles. The van der Waals surface area contributed by atoms with Gasteiger partial charge in [0.2, 0.25) is 0 Å². The first-order valence-electron chi connectivity index (χ1n) is 4.02. The highest BCUT2D eigenvalue weighted by atomic mass is 19.2. The highest BCUT2D eigenvalue weighted by Crippen LogP contribution is 2.29. The number of benzene rings is 1. The molecule has 0 atom stereocenters. The molecule has 2 N–H and O–H groups in total. The minimum atomic E-state index is -1.88. The zero-order chi connectivity index (χ0) is 11.8. The van der Waals surface area contributed by atoms with Gasteiger partial charge in [0, 0.05) is 5.56 Å². The molecule has 0 unspecified atom stereocenters. The lowest BCUT2D eigenvalue weighted by Crippen LogP contribution is -2.27. The SMILES string of the molecule is CC(C)(ON)c1cc(F)c(F)c(F)c1F. The molecule has 0 aliphatic heterocycles. The van der Waals surface area contributed by atoms with E-state index in [0.717, 1.165) is 0 Å². The van der Waals surface area contributed by atoms with Gasteiger partial charge in [-0.1, -0.05) is 0 Å². The molecule has 1 rings (SSSR count). The summed E-state index contributed by atoms with van der Waals surface area (Å²) in [5, 5.41) is 0. The molecule has 0 amide bonds. The molecule has 1 aromatic rings. The fourth-order valence-corrected chi connectivity index (χ4v) is 1.07. The smallest absolute Gasteiger partial charge is 0.197 e. The number of hydrogen-bond donors (Lipinski definition) is 1. The largest absolute Gasteiger partial charge is 0.294 e. The maximum atomic E-state index is 13.2. The monoisotopic (exact) mass is 223 g/mol. The van der Waals surface area contributed by atoms with E-state index in [0.29, 0.717) is 6.07 Å². The van der Waals surface area contributed by atoms with E-state index in [2.05, 4.69) is 4.84 Å². The van der Waals surface area contributed by atoms with Crippen LogP contribution in [0.5, 0.6) is 0 Å². The van der Waals surface area contributed by atoms with Crippen LogP contribution in [-0.4, -0.2) is 0 Å². The van der Waals surface area contributed by atoms with Crippen LogP contribution < -0.4 is 5.90 Å². The Morgan fingerprint density at radius 1 is 1.07 bits per heavy atom. The molecule has 15 heavy (non-hydrogen) atoms. The third kappa shape index (κ3) is 1.95. The Morgan fingerprint density at radius 3 is 2.07 bits per heavy atom. The van der Waals surface area contributed by atoms with Crippen LogP contribution in [0.1, 0.15) is 19.4 Å². The van der Waals surface area contributed by atoms with Crippen LogP contribution in [0.15, 0.2) is 6.07 Å². The molecule has 0 saturated carbocycles. The third-order valence-corrected chi connectivity index (χ3v) is 2.05. The summed E-state index contributed by atoms with van der Waals surface area (Å²) in [7, 11) is 0. The lowest BCUT2D eigenvalue weighted by molar-refractivity contribution is -0.0268. The van der Waals surface area contributed by atoms with Crippen molar-refractivity contribution >= 4 is 0 Å². The Hall–Kier alpha value is -1.14. The van der Waals surface area contributed by atoms with E-state index in [9.17, 15) is 17.6 Å². The van der Waals surface area contributed by atoms with Crippen molar-refractivity contribution in [3.63, 3.8) is 0 Å². The highest BCUT2D eigenvalue weighted by Gasteiger charge is 2.30. The van der Waals surface area contributed by atoms with E-state index >= 15 is 0 Å². The van der Waals surface area contributed by atoms with Gasteiger partial charge in [0.1, 0.15) is 5.60 Å². The first-order valence-corrected chi connectivity index (χ1v) is 4.02. The maximum absolute atomic E-state index is 13.2. The van der Waals surface area contributed by atoms with E-state index in [-0.39, 0.29) is 0 Å². The highest BCUT2D eigenvalue weighted by molar-refractivity contribution is 5.26. The predicted octanol–water partition coefficient (Wildman–Crippen LogP) is 2.37. The molecule has 84 valence electrons. The van der Waals surface area contributed by atoms with E-state index in [1.54, 1.807) is 0 Å². The van der Waals surface area contributed by atoms with Gasteiger partial charge in [0.15, 0.2) is 23.3 Å². The first kappa shape index (κ1) is 11.9. The number of nitrogens with two attached hydrogens (primary N) is 1. The summed E-state index contributed by atoms with van der Waals surface area (Å²) in [4.78, 5) is 4.36. The number of rotatable bonds is 2. The summed E-state index contributed by atoms with van der Waals surface area (Å²) in [5.74, 6) is -1.90. The van der Waals surface area contributed by atoms with Crippen LogP contribution in [0.3, 0.4) is 0 Å². The lowest BCUT2D eigenvalue weighted by atomic mass is 9.97. The second-order valence-electron chi connectivity index (χ2n) is 3.48. The molecule has 0 fully saturated rings. The molecule has 0 aliphatic rings. The van der Waals surface area contributed by atoms with E-state index < -0.39 is 34.4 Å². The molecule has 0 aliphatic carbocycles. The van der Waals surface area contributed by atoms with Crippen molar-refractivity contribution in [2.24, 2.45) is 5.90 Å². The van der Waals surface area contributed by atoms with Gasteiger partial charge in [-0.15, -0.1) is 0 Å². The lowest BCUT2D eigenvalue weighted by Gasteiger charge is -2.23. The summed E-state index contributed by atoms with van der Waals surface area (Å²) in [6.07, 6.45) is 0. The fourth-order valence-electron chi connectivity index (χ4n) is 1.07. The summed E-state index contributed by atoms with van der Waals surface area (Å²) in [6.45, 7) is 2.59. The van der Waals surface area contributed by atoms with Crippen LogP contribution in [0, 0.1) is 23.3 Å². The Morgan fingerprint density at radius 2 is 1.60 bits per heavy atom. The Bertz CT molecular complexity index is 392. The van der Waals surface area contributed by atoms with Crippen LogP contribution >= 0.6 is 0 Å². The molecular weight excluding hydrogens is 214 g/mol. The topological polar surface area (TPSA) is 35.2 Å². The quantitative estimate of drug-likeness (QED) is 0.361. The zero-order valence-corrected chi connectivity index (χ0v) is 8.07. The van der Waals surface area contributed by atoms with Gasteiger partial charge in [-0.25, -0.2) is 23.5 Å². The van der Waals surface area contributed by atoms with Crippen molar-refractivity contribution in [2.75, 3.05) is 0 Å². The third-order valence-electron chi connectivity index (χ3n) is 2.05. The Balaban J connectivity index is 3.45. The van der Waals surface area contributed by atoms with Crippen LogP contribution in [0.2, 0.25) is 0 Å².